The van der Waals surface area contributed by atoms with Gasteiger partial charge in [-0.15, -0.1) is 0 Å². The van der Waals surface area contributed by atoms with E-state index in [0.29, 0.717) is 10.7 Å². The zero-order chi connectivity index (χ0) is 14.0. The van der Waals surface area contributed by atoms with Gasteiger partial charge in [-0.2, -0.15) is 0 Å². The van der Waals surface area contributed by atoms with Gasteiger partial charge in [-0.3, -0.25) is 4.79 Å². The Labute approximate surface area is 115 Å². The smallest absolute Gasteiger partial charge is 0.192 e. The minimum atomic E-state index is -1.88. The summed E-state index contributed by atoms with van der Waals surface area (Å²) in [5.41, 5.74) is 0.540. The molecule has 100 valence electrons. The number of ketones is 1. The molecular formula is C13H20ClNO2Si. The van der Waals surface area contributed by atoms with E-state index in [1.807, 2.05) is 0 Å². The molecule has 0 fully saturated rings. The Kier molecular flexibility index (Phi) is 4.70. The van der Waals surface area contributed by atoms with Crippen molar-refractivity contribution in [1.29, 1.82) is 0 Å². The minimum absolute atomic E-state index is 0.0519. The van der Waals surface area contributed by atoms with Crippen LogP contribution in [0.25, 0.3) is 0 Å². The first kappa shape index (κ1) is 15.3. The fourth-order valence-electron chi connectivity index (χ4n) is 1.09. The average Bonchev–Trinajstić information content (AvgIpc) is 2.25. The standard InChI is InChI=1S/C13H20ClNO2Si/c1-13(2,3)18(4,5)17-9-11(16)10-6-7-12(14)15-8-10/h6-8H,9H2,1-5H3. The molecule has 0 N–H and O–H groups in total. The van der Waals surface area contributed by atoms with E-state index in [9.17, 15) is 4.79 Å². The maximum Gasteiger partial charge on any atom is 0.192 e. The van der Waals surface area contributed by atoms with Crippen LogP contribution in [0.2, 0.25) is 23.3 Å². The monoisotopic (exact) mass is 285 g/mol. The SMILES string of the molecule is CC(C)(C)[Si](C)(C)OCC(=O)c1ccc(Cl)nc1. The van der Waals surface area contributed by atoms with Crippen LogP contribution in [-0.2, 0) is 4.43 Å². The van der Waals surface area contributed by atoms with Crippen LogP contribution in [0.3, 0.4) is 0 Å². The van der Waals surface area contributed by atoms with Gasteiger partial charge in [0.2, 0.25) is 0 Å². The molecule has 1 aromatic rings. The number of carbonyl (C=O) groups excluding carboxylic acids is 1. The second-order valence-corrected chi connectivity index (χ2v) is 11.0. The molecule has 0 aromatic carbocycles. The van der Waals surface area contributed by atoms with E-state index in [1.54, 1.807) is 12.1 Å². The highest BCUT2D eigenvalue weighted by Gasteiger charge is 2.37. The van der Waals surface area contributed by atoms with Crippen molar-refractivity contribution in [2.45, 2.75) is 38.9 Å². The molecule has 0 aliphatic rings. The number of hydrogen-bond acceptors (Lipinski definition) is 3. The summed E-state index contributed by atoms with van der Waals surface area (Å²) in [6, 6.07) is 3.29. The van der Waals surface area contributed by atoms with E-state index in [1.165, 1.54) is 6.20 Å². The lowest BCUT2D eigenvalue weighted by atomic mass is 10.2. The number of nitrogens with zero attached hydrogens (tertiary/aromatic N) is 1. The van der Waals surface area contributed by atoms with Crippen molar-refractivity contribution in [3.8, 4) is 0 Å². The first-order valence-electron chi connectivity index (χ1n) is 5.92. The molecule has 0 radical (unpaired) electrons. The molecule has 1 rings (SSSR count). The lowest BCUT2D eigenvalue weighted by Crippen LogP contribution is -2.42. The summed E-state index contributed by atoms with van der Waals surface area (Å²) >= 11 is 5.68. The fourth-order valence-corrected chi connectivity index (χ4v) is 2.12. The molecule has 1 aromatic heterocycles. The molecule has 0 unspecified atom stereocenters. The molecule has 0 saturated heterocycles. The van der Waals surface area contributed by atoms with Gasteiger partial charge >= 0.3 is 0 Å². The van der Waals surface area contributed by atoms with Gasteiger partial charge in [0.1, 0.15) is 5.15 Å². The van der Waals surface area contributed by atoms with E-state index < -0.39 is 8.32 Å². The van der Waals surface area contributed by atoms with Crippen molar-refractivity contribution >= 4 is 25.7 Å². The van der Waals surface area contributed by atoms with Crippen molar-refractivity contribution < 1.29 is 9.22 Å². The largest absolute Gasteiger partial charge is 0.409 e. The molecule has 0 aliphatic heterocycles. The highest BCUT2D eigenvalue weighted by atomic mass is 35.5. The van der Waals surface area contributed by atoms with E-state index in [2.05, 4.69) is 38.8 Å². The molecule has 5 heteroatoms. The molecule has 18 heavy (non-hydrogen) atoms. The summed E-state index contributed by atoms with van der Waals surface area (Å²) in [6.45, 7) is 10.8. The Morgan fingerprint density at radius 2 is 2.00 bits per heavy atom. The summed E-state index contributed by atoms with van der Waals surface area (Å²) in [5.74, 6) is -0.0519. The van der Waals surface area contributed by atoms with Crippen LogP contribution in [0.15, 0.2) is 18.3 Å². The number of halogens is 1. The summed E-state index contributed by atoms with van der Waals surface area (Å²) in [6.07, 6.45) is 1.49. The predicted octanol–water partition coefficient (Wildman–Crippen LogP) is 3.94. The normalized spacial score (nSPS) is 12.6. The van der Waals surface area contributed by atoms with Crippen molar-refractivity contribution in [2.75, 3.05) is 6.61 Å². The van der Waals surface area contributed by atoms with Gasteiger partial charge < -0.3 is 4.43 Å². The van der Waals surface area contributed by atoms with Crippen molar-refractivity contribution in [3.63, 3.8) is 0 Å². The molecule has 0 saturated carbocycles. The molecule has 0 atom stereocenters. The molecule has 0 spiro atoms. The number of aromatic nitrogens is 1. The third kappa shape index (κ3) is 3.90. The summed E-state index contributed by atoms with van der Waals surface area (Å²) in [5, 5.41) is 0.489. The summed E-state index contributed by atoms with van der Waals surface area (Å²) < 4.78 is 5.87. The van der Waals surface area contributed by atoms with Gasteiger partial charge in [-0.1, -0.05) is 32.4 Å². The zero-order valence-electron chi connectivity index (χ0n) is 11.6. The van der Waals surface area contributed by atoms with Crippen LogP contribution in [0.1, 0.15) is 31.1 Å². The molecule has 0 bridgehead atoms. The van der Waals surface area contributed by atoms with Gasteiger partial charge in [0, 0.05) is 11.8 Å². The highest BCUT2D eigenvalue weighted by molar-refractivity contribution is 6.74. The molecule has 0 amide bonds. The lowest BCUT2D eigenvalue weighted by molar-refractivity contribution is 0.0910. The third-order valence-electron chi connectivity index (χ3n) is 3.42. The first-order chi connectivity index (χ1) is 8.13. The highest BCUT2D eigenvalue weighted by Crippen LogP contribution is 2.36. The molecular weight excluding hydrogens is 266 g/mol. The topological polar surface area (TPSA) is 39.2 Å². The number of rotatable bonds is 4. The van der Waals surface area contributed by atoms with Crippen LogP contribution in [0.4, 0.5) is 0 Å². The Hall–Kier alpha value is -0.713. The van der Waals surface area contributed by atoms with Crippen LogP contribution < -0.4 is 0 Å². The Balaban J connectivity index is 2.65. The molecule has 0 aliphatic carbocycles. The Morgan fingerprint density at radius 3 is 2.44 bits per heavy atom. The zero-order valence-corrected chi connectivity index (χ0v) is 13.3. The molecule has 1 heterocycles. The second-order valence-electron chi connectivity index (χ2n) is 5.84. The van der Waals surface area contributed by atoms with Gasteiger partial charge in [0.15, 0.2) is 14.1 Å². The third-order valence-corrected chi connectivity index (χ3v) is 8.12. The lowest BCUT2D eigenvalue weighted by Gasteiger charge is -2.35. The number of pyridine rings is 1. The Bertz CT molecular complexity index is 424. The van der Waals surface area contributed by atoms with E-state index in [0.717, 1.165) is 0 Å². The molecule has 3 nitrogen and oxygen atoms in total. The van der Waals surface area contributed by atoms with Crippen molar-refractivity contribution in [3.05, 3.63) is 29.0 Å². The first-order valence-corrected chi connectivity index (χ1v) is 9.21. The van der Waals surface area contributed by atoms with Gasteiger partial charge in [0.25, 0.3) is 0 Å². The van der Waals surface area contributed by atoms with Gasteiger partial charge in [0.05, 0.1) is 6.61 Å². The maximum atomic E-state index is 11.9. The van der Waals surface area contributed by atoms with Crippen LogP contribution in [0, 0.1) is 0 Å². The van der Waals surface area contributed by atoms with E-state index >= 15 is 0 Å². The van der Waals surface area contributed by atoms with E-state index in [-0.39, 0.29) is 17.4 Å². The van der Waals surface area contributed by atoms with Crippen LogP contribution in [-0.4, -0.2) is 25.7 Å². The van der Waals surface area contributed by atoms with E-state index in [4.69, 9.17) is 16.0 Å². The second kappa shape index (κ2) is 5.51. The summed E-state index contributed by atoms with van der Waals surface area (Å²) in [4.78, 5) is 15.8. The Morgan fingerprint density at radius 1 is 1.39 bits per heavy atom. The van der Waals surface area contributed by atoms with Gasteiger partial charge in [-0.05, 0) is 30.3 Å². The van der Waals surface area contributed by atoms with Crippen molar-refractivity contribution in [1.82, 2.24) is 4.98 Å². The predicted molar refractivity (Wildman–Crippen MR) is 76.7 cm³/mol. The maximum absolute atomic E-state index is 11.9. The average molecular weight is 286 g/mol. The quantitative estimate of drug-likeness (QED) is 0.478. The minimum Gasteiger partial charge on any atom is -0.409 e. The van der Waals surface area contributed by atoms with Crippen LogP contribution in [0.5, 0.6) is 0 Å². The number of hydrogen-bond donors (Lipinski definition) is 0. The van der Waals surface area contributed by atoms with Crippen LogP contribution >= 0.6 is 11.6 Å². The summed E-state index contributed by atoms with van der Waals surface area (Å²) in [7, 11) is -1.88. The fraction of sp³-hybridized carbons (Fsp3) is 0.538. The van der Waals surface area contributed by atoms with Crippen molar-refractivity contribution in [2.24, 2.45) is 0 Å². The number of carbonyl (C=O) groups is 1. The van der Waals surface area contributed by atoms with Gasteiger partial charge in [-0.25, -0.2) is 4.98 Å². The number of Topliss-reactive ketones (excluding diaryl/α,β-unsaturated/α-hetero) is 1.